The first-order chi connectivity index (χ1) is 8.11. The quantitative estimate of drug-likeness (QED) is 0.814. The van der Waals surface area contributed by atoms with E-state index < -0.39 is 5.56 Å². The Kier molecular flexibility index (Phi) is 2.75. The molecule has 0 aliphatic rings. The highest BCUT2D eigenvalue weighted by Gasteiger charge is 2.04. The van der Waals surface area contributed by atoms with Crippen molar-refractivity contribution in [2.75, 3.05) is 0 Å². The summed E-state index contributed by atoms with van der Waals surface area (Å²) in [6.45, 7) is 1.65. The summed E-state index contributed by atoms with van der Waals surface area (Å²) < 4.78 is 13.1. The van der Waals surface area contributed by atoms with Gasteiger partial charge in [0, 0.05) is 5.69 Å². The summed E-state index contributed by atoms with van der Waals surface area (Å²) in [6, 6.07) is 9.45. The minimum absolute atomic E-state index is 0.0626. The molecule has 0 unspecified atom stereocenters. The molecule has 1 aromatic heterocycles. The molecule has 0 saturated heterocycles. The molecule has 0 spiro atoms. The third kappa shape index (κ3) is 2.08. The number of aromatic nitrogens is 1. The Balaban J connectivity index is 2.54. The number of nitrogens with zero attached hydrogens (tertiary/aromatic N) is 1. The predicted molar refractivity (Wildman–Crippen MR) is 61.9 cm³/mol. The summed E-state index contributed by atoms with van der Waals surface area (Å²) in [6.07, 6.45) is 0. The lowest BCUT2D eigenvalue weighted by molar-refractivity contribution is 0.619. The van der Waals surface area contributed by atoms with Crippen LogP contribution in [0.1, 0.15) is 11.1 Å². The largest absolute Gasteiger partial charge is 0.321 e. The Labute approximate surface area is 97.2 Å². The molecule has 0 aliphatic carbocycles. The van der Waals surface area contributed by atoms with Crippen LogP contribution >= 0.6 is 0 Å². The van der Waals surface area contributed by atoms with Crippen LogP contribution in [0.2, 0.25) is 0 Å². The highest BCUT2D eigenvalue weighted by Crippen LogP contribution is 2.18. The number of hydrogen-bond donors (Lipinski definition) is 1. The Morgan fingerprint density at radius 3 is 2.65 bits per heavy atom. The van der Waals surface area contributed by atoms with Crippen LogP contribution in [-0.2, 0) is 0 Å². The van der Waals surface area contributed by atoms with Gasteiger partial charge in [0.15, 0.2) is 0 Å². The summed E-state index contributed by atoms with van der Waals surface area (Å²) in [4.78, 5) is 14.0. The monoisotopic (exact) mass is 228 g/mol. The van der Waals surface area contributed by atoms with Gasteiger partial charge in [0.25, 0.3) is 5.56 Å². The topological polar surface area (TPSA) is 56.6 Å². The van der Waals surface area contributed by atoms with Crippen LogP contribution < -0.4 is 5.56 Å². The lowest BCUT2D eigenvalue weighted by Crippen LogP contribution is -2.10. The molecular formula is C13H9FN2O. The van der Waals surface area contributed by atoms with Crippen LogP contribution in [0.3, 0.4) is 0 Å². The number of hydrogen-bond acceptors (Lipinski definition) is 2. The van der Waals surface area contributed by atoms with Gasteiger partial charge in [0.2, 0.25) is 0 Å². The second-order valence-electron chi connectivity index (χ2n) is 3.69. The van der Waals surface area contributed by atoms with E-state index in [9.17, 15) is 9.18 Å². The van der Waals surface area contributed by atoms with E-state index in [1.807, 2.05) is 0 Å². The maximum atomic E-state index is 13.1. The van der Waals surface area contributed by atoms with Gasteiger partial charge in [-0.1, -0.05) is 0 Å². The summed E-state index contributed by atoms with van der Waals surface area (Å²) in [7, 11) is 0. The highest BCUT2D eigenvalue weighted by atomic mass is 19.1. The Bertz CT molecular complexity index is 668. The number of aromatic amines is 1. The van der Waals surface area contributed by atoms with Gasteiger partial charge in [0.05, 0.1) is 0 Å². The van der Waals surface area contributed by atoms with Crippen molar-refractivity contribution in [2.24, 2.45) is 0 Å². The van der Waals surface area contributed by atoms with Gasteiger partial charge in [-0.05, 0) is 48.4 Å². The van der Waals surface area contributed by atoms with Crippen LogP contribution in [0, 0.1) is 24.1 Å². The van der Waals surface area contributed by atoms with E-state index in [1.54, 1.807) is 31.2 Å². The van der Waals surface area contributed by atoms with Crippen LogP contribution in [-0.4, -0.2) is 4.98 Å². The number of H-pyrrole nitrogens is 1. The molecule has 0 fully saturated rings. The fourth-order valence-corrected chi connectivity index (χ4v) is 1.54. The van der Waals surface area contributed by atoms with Gasteiger partial charge in [-0.15, -0.1) is 0 Å². The molecule has 0 saturated carbocycles. The van der Waals surface area contributed by atoms with E-state index >= 15 is 0 Å². The smallest absolute Gasteiger partial charge is 0.266 e. The molecule has 0 atom stereocenters. The molecule has 0 aliphatic heterocycles. The predicted octanol–water partition coefficient (Wildman–Crippen LogP) is 2.36. The second kappa shape index (κ2) is 4.22. The number of aryl methyl sites for hydroxylation is 1. The van der Waals surface area contributed by atoms with Crippen molar-refractivity contribution in [3.05, 3.63) is 57.6 Å². The Hall–Kier alpha value is -2.41. The van der Waals surface area contributed by atoms with Gasteiger partial charge in [-0.3, -0.25) is 4.79 Å². The molecule has 84 valence electrons. The van der Waals surface area contributed by atoms with Crippen molar-refractivity contribution in [3.63, 3.8) is 0 Å². The normalized spacial score (nSPS) is 9.94. The Morgan fingerprint density at radius 1 is 1.29 bits per heavy atom. The fourth-order valence-electron chi connectivity index (χ4n) is 1.54. The van der Waals surface area contributed by atoms with Crippen LogP contribution in [0.4, 0.5) is 4.39 Å². The van der Waals surface area contributed by atoms with Gasteiger partial charge in [-0.2, -0.15) is 5.26 Å². The van der Waals surface area contributed by atoms with E-state index in [0.29, 0.717) is 16.8 Å². The molecule has 1 heterocycles. The molecule has 3 nitrogen and oxygen atoms in total. The summed E-state index contributed by atoms with van der Waals surface area (Å²) in [5, 5.41) is 8.64. The van der Waals surface area contributed by atoms with Crippen molar-refractivity contribution < 1.29 is 4.39 Å². The van der Waals surface area contributed by atoms with Gasteiger partial charge >= 0.3 is 0 Å². The first-order valence-electron chi connectivity index (χ1n) is 5.02. The van der Waals surface area contributed by atoms with Crippen LogP contribution in [0.15, 0.2) is 35.1 Å². The molecule has 0 bridgehead atoms. The number of pyridine rings is 1. The zero-order valence-electron chi connectivity index (χ0n) is 9.12. The molecule has 2 rings (SSSR count). The number of halogens is 1. The van der Waals surface area contributed by atoms with E-state index in [2.05, 4.69) is 4.98 Å². The van der Waals surface area contributed by atoms with Crippen LogP contribution in [0.25, 0.3) is 11.3 Å². The van der Waals surface area contributed by atoms with E-state index in [1.165, 1.54) is 12.1 Å². The molecule has 1 aromatic carbocycles. The zero-order valence-corrected chi connectivity index (χ0v) is 9.12. The third-order valence-electron chi connectivity index (χ3n) is 2.50. The maximum Gasteiger partial charge on any atom is 0.266 e. The average Bonchev–Trinajstić information content (AvgIpc) is 2.32. The first-order valence-corrected chi connectivity index (χ1v) is 5.02. The number of nitriles is 1. The molecule has 1 N–H and O–H groups in total. The Morgan fingerprint density at radius 2 is 2.06 bits per heavy atom. The molecule has 4 heteroatoms. The minimum Gasteiger partial charge on any atom is -0.321 e. The lowest BCUT2D eigenvalue weighted by Gasteiger charge is -2.03. The summed E-state index contributed by atoms with van der Waals surface area (Å²) >= 11 is 0. The molecular weight excluding hydrogens is 219 g/mol. The van der Waals surface area contributed by atoms with E-state index in [4.69, 9.17) is 5.26 Å². The molecule has 0 amide bonds. The standard InChI is InChI=1S/C13H9FN2O/c1-8-6-9(2-4-11(8)14)12-5-3-10(7-15)13(17)16-12/h2-6H,1H3,(H,16,17). The van der Waals surface area contributed by atoms with Crippen molar-refractivity contribution >= 4 is 0 Å². The first kappa shape index (κ1) is 11.1. The number of benzene rings is 1. The molecule has 0 radical (unpaired) electrons. The summed E-state index contributed by atoms with van der Waals surface area (Å²) in [5.41, 5.74) is 1.41. The van der Waals surface area contributed by atoms with Gasteiger partial charge < -0.3 is 4.98 Å². The highest BCUT2D eigenvalue weighted by molar-refractivity contribution is 5.60. The second-order valence-corrected chi connectivity index (χ2v) is 3.69. The third-order valence-corrected chi connectivity index (χ3v) is 2.50. The van der Waals surface area contributed by atoms with E-state index in [0.717, 1.165) is 0 Å². The minimum atomic E-state index is -0.438. The fraction of sp³-hybridized carbons (Fsp3) is 0.0769. The van der Waals surface area contributed by atoms with E-state index in [-0.39, 0.29) is 11.4 Å². The average molecular weight is 228 g/mol. The van der Waals surface area contributed by atoms with Crippen molar-refractivity contribution in [2.45, 2.75) is 6.92 Å². The van der Waals surface area contributed by atoms with Gasteiger partial charge in [-0.25, -0.2) is 4.39 Å². The number of nitrogens with one attached hydrogen (secondary N) is 1. The number of rotatable bonds is 1. The van der Waals surface area contributed by atoms with Crippen molar-refractivity contribution in [3.8, 4) is 17.3 Å². The van der Waals surface area contributed by atoms with Crippen molar-refractivity contribution in [1.29, 1.82) is 5.26 Å². The zero-order chi connectivity index (χ0) is 12.4. The maximum absolute atomic E-state index is 13.1. The van der Waals surface area contributed by atoms with Crippen molar-refractivity contribution in [1.82, 2.24) is 4.98 Å². The lowest BCUT2D eigenvalue weighted by atomic mass is 10.1. The summed E-state index contributed by atoms with van der Waals surface area (Å²) in [5.74, 6) is -0.287. The molecule has 2 aromatic rings. The van der Waals surface area contributed by atoms with Gasteiger partial charge in [0.1, 0.15) is 17.4 Å². The SMILES string of the molecule is Cc1cc(-c2ccc(C#N)c(=O)[nH]2)ccc1F. The van der Waals surface area contributed by atoms with Crippen LogP contribution in [0.5, 0.6) is 0 Å². The molecule has 17 heavy (non-hydrogen) atoms.